The van der Waals surface area contributed by atoms with Gasteiger partial charge in [0.15, 0.2) is 0 Å². The van der Waals surface area contributed by atoms with E-state index in [0.717, 1.165) is 22.5 Å². The van der Waals surface area contributed by atoms with Crippen LogP contribution in [0.3, 0.4) is 0 Å². The molecule has 1 fully saturated rings. The molecule has 1 aliphatic rings. The van der Waals surface area contributed by atoms with Crippen LogP contribution in [0.15, 0.2) is 30.5 Å². The number of fused-ring (bicyclic) bond motifs is 1. The van der Waals surface area contributed by atoms with Gasteiger partial charge in [0.25, 0.3) is 0 Å². The van der Waals surface area contributed by atoms with Crippen LogP contribution in [0.2, 0.25) is 0 Å². The van der Waals surface area contributed by atoms with Gasteiger partial charge in [-0.2, -0.15) is 0 Å². The van der Waals surface area contributed by atoms with Crippen LogP contribution in [0, 0.1) is 11.8 Å². The zero-order chi connectivity index (χ0) is 14.1. The fraction of sp³-hybridized carbons (Fsp3) is 0.471. The van der Waals surface area contributed by atoms with Gasteiger partial charge in [-0.25, -0.2) is 4.98 Å². The van der Waals surface area contributed by atoms with Gasteiger partial charge in [0.1, 0.15) is 11.6 Å². The van der Waals surface area contributed by atoms with Crippen LogP contribution in [0.25, 0.3) is 10.8 Å². The predicted molar refractivity (Wildman–Crippen MR) is 83.0 cm³/mol. The molecule has 3 unspecified atom stereocenters. The minimum absolute atomic E-state index is 0.291. The minimum Gasteiger partial charge on any atom is -0.508 e. The molecule has 0 bridgehead atoms. The molecule has 2 aromatic rings. The molecular formula is C17H22N2O. The molecule has 3 atom stereocenters. The van der Waals surface area contributed by atoms with E-state index >= 15 is 0 Å². The van der Waals surface area contributed by atoms with Crippen LogP contribution < -0.4 is 5.32 Å². The van der Waals surface area contributed by atoms with E-state index in [1.165, 1.54) is 19.3 Å². The Balaban J connectivity index is 1.89. The van der Waals surface area contributed by atoms with Crippen LogP contribution >= 0.6 is 0 Å². The highest BCUT2D eigenvalue weighted by Crippen LogP contribution is 2.32. The number of hydrogen-bond acceptors (Lipinski definition) is 3. The van der Waals surface area contributed by atoms with Crippen molar-refractivity contribution < 1.29 is 5.11 Å². The Labute approximate surface area is 120 Å². The summed E-state index contributed by atoms with van der Waals surface area (Å²) >= 11 is 0. The number of hydrogen-bond donors (Lipinski definition) is 2. The summed E-state index contributed by atoms with van der Waals surface area (Å²) in [4.78, 5) is 4.47. The SMILES string of the molecule is CC1CCC(Nc2nccc3ccc(O)cc23)C(C)C1. The molecule has 106 valence electrons. The van der Waals surface area contributed by atoms with Crippen molar-refractivity contribution in [3.05, 3.63) is 30.5 Å². The van der Waals surface area contributed by atoms with E-state index in [2.05, 4.69) is 24.1 Å². The van der Waals surface area contributed by atoms with Crippen LogP contribution in [0.5, 0.6) is 5.75 Å². The smallest absolute Gasteiger partial charge is 0.134 e. The molecule has 20 heavy (non-hydrogen) atoms. The van der Waals surface area contributed by atoms with Gasteiger partial charge in [0.05, 0.1) is 0 Å². The highest BCUT2D eigenvalue weighted by atomic mass is 16.3. The van der Waals surface area contributed by atoms with E-state index in [1.54, 1.807) is 12.1 Å². The summed E-state index contributed by atoms with van der Waals surface area (Å²) in [6.45, 7) is 4.65. The average molecular weight is 270 g/mol. The lowest BCUT2D eigenvalue weighted by molar-refractivity contribution is 0.276. The lowest BCUT2D eigenvalue weighted by atomic mass is 9.80. The van der Waals surface area contributed by atoms with Gasteiger partial charge in [0, 0.05) is 17.6 Å². The number of phenolic OH excluding ortho intramolecular Hbond substituents is 1. The van der Waals surface area contributed by atoms with E-state index < -0.39 is 0 Å². The van der Waals surface area contributed by atoms with Crippen LogP contribution in [-0.4, -0.2) is 16.1 Å². The van der Waals surface area contributed by atoms with Crippen molar-refractivity contribution >= 4 is 16.6 Å². The Hall–Kier alpha value is -1.77. The van der Waals surface area contributed by atoms with Gasteiger partial charge in [-0.05, 0) is 54.7 Å². The minimum atomic E-state index is 0.291. The van der Waals surface area contributed by atoms with Crippen LogP contribution in [0.4, 0.5) is 5.82 Å². The Morgan fingerprint density at radius 1 is 1.20 bits per heavy atom. The third-order valence-electron chi connectivity index (χ3n) is 4.50. The van der Waals surface area contributed by atoms with E-state index in [1.807, 2.05) is 18.3 Å². The van der Waals surface area contributed by atoms with Crippen molar-refractivity contribution in [3.63, 3.8) is 0 Å². The largest absolute Gasteiger partial charge is 0.508 e. The Kier molecular flexibility index (Phi) is 3.51. The van der Waals surface area contributed by atoms with Crippen LogP contribution in [0.1, 0.15) is 33.1 Å². The monoisotopic (exact) mass is 270 g/mol. The zero-order valence-corrected chi connectivity index (χ0v) is 12.1. The van der Waals surface area contributed by atoms with Crippen molar-refractivity contribution in [1.29, 1.82) is 0 Å². The number of aromatic hydroxyl groups is 1. The number of phenols is 1. The molecule has 1 aliphatic carbocycles. The number of nitrogens with zero attached hydrogens (tertiary/aromatic N) is 1. The molecule has 3 nitrogen and oxygen atoms in total. The molecule has 0 aliphatic heterocycles. The fourth-order valence-electron chi connectivity index (χ4n) is 3.33. The van der Waals surface area contributed by atoms with Crippen LogP contribution in [-0.2, 0) is 0 Å². The van der Waals surface area contributed by atoms with E-state index in [-0.39, 0.29) is 0 Å². The average Bonchev–Trinajstić information content (AvgIpc) is 2.42. The summed E-state index contributed by atoms with van der Waals surface area (Å²) < 4.78 is 0. The molecule has 0 saturated heterocycles. The maximum absolute atomic E-state index is 9.69. The standard InChI is InChI=1S/C17H22N2O/c1-11-3-6-16(12(2)9-11)19-17-15-10-14(20)5-4-13(15)7-8-18-17/h4-5,7-8,10-12,16,20H,3,6,9H2,1-2H3,(H,18,19). The Bertz CT molecular complexity index is 611. The third kappa shape index (κ3) is 2.58. The van der Waals surface area contributed by atoms with E-state index in [4.69, 9.17) is 0 Å². The first-order valence-electron chi connectivity index (χ1n) is 7.48. The maximum Gasteiger partial charge on any atom is 0.134 e. The Morgan fingerprint density at radius 3 is 2.85 bits per heavy atom. The number of aromatic nitrogens is 1. The first kappa shape index (κ1) is 13.2. The summed E-state index contributed by atoms with van der Waals surface area (Å²) in [5, 5.41) is 15.4. The molecular weight excluding hydrogens is 248 g/mol. The molecule has 0 amide bonds. The van der Waals surface area contributed by atoms with Crippen molar-refractivity contribution in [3.8, 4) is 5.75 Å². The van der Waals surface area contributed by atoms with Crippen molar-refractivity contribution in [2.75, 3.05) is 5.32 Å². The highest BCUT2D eigenvalue weighted by molar-refractivity contribution is 5.92. The molecule has 1 heterocycles. The normalized spacial score (nSPS) is 26.6. The summed E-state index contributed by atoms with van der Waals surface area (Å²) in [6.07, 6.45) is 5.57. The van der Waals surface area contributed by atoms with Crippen molar-refractivity contribution in [2.24, 2.45) is 11.8 Å². The number of nitrogens with one attached hydrogen (secondary N) is 1. The number of anilines is 1. The molecule has 1 saturated carbocycles. The molecule has 1 aromatic carbocycles. The predicted octanol–water partition coefficient (Wildman–Crippen LogP) is 4.18. The second-order valence-electron chi connectivity index (χ2n) is 6.21. The topological polar surface area (TPSA) is 45.2 Å². The number of pyridine rings is 1. The van der Waals surface area contributed by atoms with E-state index in [9.17, 15) is 5.11 Å². The summed E-state index contributed by atoms with van der Waals surface area (Å²) in [7, 11) is 0. The van der Waals surface area contributed by atoms with Gasteiger partial charge >= 0.3 is 0 Å². The highest BCUT2D eigenvalue weighted by Gasteiger charge is 2.25. The lowest BCUT2D eigenvalue weighted by Crippen LogP contribution is -2.33. The second-order valence-corrected chi connectivity index (χ2v) is 6.21. The first-order chi connectivity index (χ1) is 9.63. The van der Waals surface area contributed by atoms with Gasteiger partial charge in [-0.3, -0.25) is 0 Å². The third-order valence-corrected chi connectivity index (χ3v) is 4.50. The summed E-state index contributed by atoms with van der Waals surface area (Å²) in [6, 6.07) is 7.90. The first-order valence-corrected chi connectivity index (χ1v) is 7.48. The molecule has 3 rings (SSSR count). The molecule has 0 radical (unpaired) electrons. The molecule has 2 N–H and O–H groups in total. The van der Waals surface area contributed by atoms with Gasteiger partial charge in [-0.1, -0.05) is 19.9 Å². The maximum atomic E-state index is 9.69. The van der Waals surface area contributed by atoms with E-state index in [0.29, 0.717) is 17.7 Å². The van der Waals surface area contributed by atoms with Crippen molar-refractivity contribution in [2.45, 2.75) is 39.2 Å². The Morgan fingerprint density at radius 2 is 2.05 bits per heavy atom. The molecule has 0 spiro atoms. The second kappa shape index (κ2) is 5.31. The van der Waals surface area contributed by atoms with Gasteiger partial charge in [-0.15, -0.1) is 0 Å². The number of benzene rings is 1. The summed E-state index contributed by atoms with van der Waals surface area (Å²) in [5.41, 5.74) is 0. The number of rotatable bonds is 2. The lowest BCUT2D eigenvalue weighted by Gasteiger charge is -2.33. The quantitative estimate of drug-likeness (QED) is 0.860. The zero-order valence-electron chi connectivity index (χ0n) is 12.1. The van der Waals surface area contributed by atoms with Crippen molar-refractivity contribution in [1.82, 2.24) is 4.98 Å². The van der Waals surface area contributed by atoms with Gasteiger partial charge in [0.2, 0.25) is 0 Å². The molecule has 3 heteroatoms. The molecule has 1 aromatic heterocycles. The summed E-state index contributed by atoms with van der Waals surface area (Å²) in [5.74, 6) is 2.67. The van der Waals surface area contributed by atoms with Gasteiger partial charge < -0.3 is 10.4 Å². The fourth-order valence-corrected chi connectivity index (χ4v) is 3.33.